The van der Waals surface area contributed by atoms with Crippen molar-refractivity contribution < 1.29 is 16.3 Å². The molecule has 0 aliphatic carbocycles. The van der Waals surface area contributed by atoms with Gasteiger partial charge in [-0.2, -0.15) is 24.1 Å². The van der Waals surface area contributed by atoms with Crippen molar-refractivity contribution in [2.75, 3.05) is 36.0 Å². The van der Waals surface area contributed by atoms with Gasteiger partial charge in [-0.25, -0.2) is 19.9 Å². The second kappa shape index (κ2) is 22.2. The van der Waals surface area contributed by atoms with Gasteiger partial charge < -0.3 is 9.80 Å². The third-order valence-corrected chi connectivity index (χ3v) is 7.88. The third-order valence-electron chi connectivity index (χ3n) is 7.48. The van der Waals surface area contributed by atoms with Crippen LogP contribution in [-0.2, 0) is 16.3 Å². The van der Waals surface area contributed by atoms with Crippen LogP contribution >= 0.6 is 29.6 Å². The van der Waals surface area contributed by atoms with E-state index in [4.69, 9.17) is 0 Å². The van der Waals surface area contributed by atoms with E-state index in [1.54, 1.807) is 12.4 Å². The molecule has 2 saturated heterocycles. The predicted octanol–water partition coefficient (Wildman–Crippen LogP) is 9.59. The normalized spacial score (nSPS) is 14.6. The predicted molar refractivity (Wildman–Crippen MR) is 189 cm³/mol. The van der Waals surface area contributed by atoms with Crippen LogP contribution in [0.2, 0.25) is 0 Å². The Balaban J connectivity index is 0.000000242. The summed E-state index contributed by atoms with van der Waals surface area (Å²) in [6.07, 6.45) is 17.4. The number of nitrogens with zero attached hydrogens (tertiary/aromatic N) is 6. The van der Waals surface area contributed by atoms with Crippen molar-refractivity contribution in [2.24, 2.45) is 0 Å². The molecule has 6 nitrogen and oxygen atoms in total. The van der Waals surface area contributed by atoms with Gasteiger partial charge in [0, 0.05) is 56.9 Å². The molecule has 2 aliphatic heterocycles. The third kappa shape index (κ3) is 12.9. The Morgan fingerprint density at radius 2 is 1.05 bits per heavy atom. The topological polar surface area (TPSA) is 58.0 Å². The van der Waals surface area contributed by atoms with Crippen molar-refractivity contribution in [1.82, 2.24) is 19.9 Å². The standard InChI is InChI=1S/C17H21N3.C9H12BrN3.C8H9.CH4.BrH.Zn/c1-14(15-8-4-2-5-9-15)16-12-18-17(19-13-16)20-10-6-3-7-11-20;10-8-6-11-9(12-7-8)13-4-2-1-3-5-13;1-2-8-6-4-3-5-7-8;;;/h2,4-5,8-9,12-14H,3,6-7,10-11H2,1H3;6-7H,1-5H2;2-7H,1H3;1H4;1H;/q;;-1;;;+2/p-1. The number of hydrogen-bond donors (Lipinski definition) is 0. The Morgan fingerprint density at radius 3 is 1.45 bits per heavy atom. The number of aromatic nitrogens is 4. The van der Waals surface area contributed by atoms with Gasteiger partial charge in [0.1, 0.15) is 0 Å². The van der Waals surface area contributed by atoms with Crippen LogP contribution in [0.25, 0.3) is 0 Å². The Hall–Kier alpha value is -2.35. The average molecular weight is 776 g/mol. The van der Waals surface area contributed by atoms with Crippen LogP contribution < -0.4 is 9.80 Å². The molecule has 0 bridgehead atoms. The summed E-state index contributed by atoms with van der Waals surface area (Å²) in [5.41, 5.74) is 3.77. The molecule has 232 valence electrons. The molecular formula is C35H46Br2N6Zn. The van der Waals surface area contributed by atoms with Crippen LogP contribution in [0.3, 0.4) is 0 Å². The fourth-order valence-corrected chi connectivity index (χ4v) is 5.16. The van der Waals surface area contributed by atoms with Crippen LogP contribution in [0.15, 0.2) is 89.9 Å². The van der Waals surface area contributed by atoms with Crippen LogP contribution in [0.1, 0.15) is 82.4 Å². The summed E-state index contributed by atoms with van der Waals surface area (Å²) in [6.45, 7) is 8.62. The van der Waals surface area contributed by atoms with Crippen molar-refractivity contribution in [3.05, 3.63) is 113 Å². The number of piperidine rings is 2. The van der Waals surface area contributed by atoms with E-state index in [0.29, 0.717) is 5.92 Å². The van der Waals surface area contributed by atoms with E-state index in [2.05, 4.69) is 109 Å². The van der Waals surface area contributed by atoms with Gasteiger partial charge in [0.2, 0.25) is 11.9 Å². The first-order valence-corrected chi connectivity index (χ1v) is 22.8. The zero-order valence-corrected chi connectivity index (χ0v) is 31.6. The average Bonchev–Trinajstić information content (AvgIpc) is 3.11. The maximum atomic E-state index is 4.56. The zero-order valence-electron chi connectivity index (χ0n) is 25.5. The van der Waals surface area contributed by atoms with Gasteiger partial charge >= 0.3 is 30.0 Å². The van der Waals surface area contributed by atoms with E-state index in [1.807, 2.05) is 43.6 Å². The van der Waals surface area contributed by atoms with Crippen molar-refractivity contribution in [3.8, 4) is 0 Å². The van der Waals surface area contributed by atoms with E-state index in [1.165, 1.54) is 71.6 Å². The summed E-state index contributed by atoms with van der Waals surface area (Å²) in [5.74, 6) is 2.09. The SMILES string of the molecule is Brc1cnc(N2CCCCC2)nc1.C.CC(c1ccccc1)c1cnc(N2CCCCC2)nc1.C[CH-]c1ccccc1.[Zn+][Br]. The molecule has 6 rings (SSSR count). The molecule has 0 amide bonds. The van der Waals surface area contributed by atoms with E-state index < -0.39 is 0 Å². The number of anilines is 2. The van der Waals surface area contributed by atoms with E-state index in [9.17, 15) is 0 Å². The van der Waals surface area contributed by atoms with Crippen LogP contribution in [0.5, 0.6) is 0 Å². The second-order valence-electron chi connectivity index (χ2n) is 10.4. The molecule has 0 radical (unpaired) electrons. The molecule has 44 heavy (non-hydrogen) atoms. The molecule has 4 heterocycles. The van der Waals surface area contributed by atoms with Gasteiger partial charge in [0.05, 0.1) is 4.47 Å². The summed E-state index contributed by atoms with van der Waals surface area (Å²) >= 11 is 7.58. The number of benzene rings is 2. The van der Waals surface area contributed by atoms with Crippen molar-refractivity contribution in [1.29, 1.82) is 0 Å². The van der Waals surface area contributed by atoms with Gasteiger partial charge in [0.25, 0.3) is 0 Å². The maximum absolute atomic E-state index is 4.56. The Bertz CT molecular complexity index is 1250. The monoisotopic (exact) mass is 772 g/mol. The fraction of sp³-hybridized carbons (Fsp3) is 0.400. The number of halogens is 2. The summed E-state index contributed by atoms with van der Waals surface area (Å²) in [7, 11) is 0. The van der Waals surface area contributed by atoms with E-state index >= 15 is 0 Å². The molecular weight excluding hydrogens is 730 g/mol. The quantitative estimate of drug-likeness (QED) is 0.149. The minimum atomic E-state index is 0. The minimum absolute atomic E-state index is 0. The summed E-state index contributed by atoms with van der Waals surface area (Å²) in [6, 6.07) is 20.8. The van der Waals surface area contributed by atoms with Gasteiger partial charge in [-0.15, -0.1) is 12.1 Å². The second-order valence-corrected chi connectivity index (χ2v) is 11.4. The van der Waals surface area contributed by atoms with Crippen LogP contribution in [0.4, 0.5) is 11.9 Å². The molecule has 9 heteroatoms. The molecule has 1 unspecified atom stereocenters. The molecule has 2 aromatic carbocycles. The van der Waals surface area contributed by atoms with Gasteiger partial charge in [-0.3, -0.25) is 0 Å². The Morgan fingerprint density at radius 1 is 0.636 bits per heavy atom. The molecule has 0 saturated carbocycles. The van der Waals surface area contributed by atoms with E-state index in [-0.39, 0.29) is 7.43 Å². The molecule has 2 fully saturated rings. The summed E-state index contributed by atoms with van der Waals surface area (Å²) < 4.78 is 0.938. The summed E-state index contributed by atoms with van der Waals surface area (Å²) in [4.78, 5) is 22.2. The number of rotatable bonds is 5. The Kier molecular flexibility index (Phi) is 19.1. The first-order valence-electron chi connectivity index (χ1n) is 15.1. The molecule has 1 atom stereocenters. The molecule has 0 N–H and O–H groups in total. The first kappa shape index (κ1) is 37.8. The molecule has 2 aromatic heterocycles. The van der Waals surface area contributed by atoms with Gasteiger partial charge in [-0.1, -0.05) is 57.7 Å². The molecule has 2 aliphatic rings. The van der Waals surface area contributed by atoms with Crippen molar-refractivity contribution in [3.63, 3.8) is 0 Å². The van der Waals surface area contributed by atoms with Crippen LogP contribution in [0, 0.1) is 6.42 Å². The van der Waals surface area contributed by atoms with E-state index in [0.717, 1.165) is 42.5 Å². The zero-order chi connectivity index (χ0) is 30.7. The van der Waals surface area contributed by atoms with Crippen LogP contribution in [-0.4, -0.2) is 46.1 Å². The van der Waals surface area contributed by atoms with Gasteiger partial charge in [-0.05, 0) is 65.6 Å². The van der Waals surface area contributed by atoms with Crippen molar-refractivity contribution in [2.45, 2.75) is 65.7 Å². The summed E-state index contributed by atoms with van der Waals surface area (Å²) in [5, 5.41) is 0. The molecule has 0 spiro atoms. The van der Waals surface area contributed by atoms with Crippen molar-refractivity contribution >= 4 is 41.4 Å². The Labute approximate surface area is 290 Å². The first-order chi connectivity index (χ1) is 21.1. The molecule has 4 aromatic rings. The fourth-order valence-electron chi connectivity index (χ4n) is 4.95. The van der Waals surface area contributed by atoms with Gasteiger partial charge in [0.15, 0.2) is 0 Å². The number of hydrogen-bond acceptors (Lipinski definition) is 6.